The number of alkyl halides is 3. The number of aromatic nitrogens is 1. The summed E-state index contributed by atoms with van der Waals surface area (Å²) in [5.74, 6) is -0.316. The minimum absolute atomic E-state index is 0.183. The maximum Gasteiger partial charge on any atom is 0.431 e. The second kappa shape index (κ2) is 7.01. The Kier molecular flexibility index (Phi) is 5.05. The molecule has 2 fully saturated rings. The summed E-state index contributed by atoms with van der Waals surface area (Å²) in [5, 5.41) is 2.73. The lowest BCUT2D eigenvalue weighted by molar-refractivity contribution is -0.144. The van der Waals surface area contributed by atoms with Crippen molar-refractivity contribution >= 4 is 11.8 Å². The predicted octanol–water partition coefficient (Wildman–Crippen LogP) is 1.91. The van der Waals surface area contributed by atoms with Gasteiger partial charge in [0, 0.05) is 6.04 Å². The van der Waals surface area contributed by atoms with E-state index in [0.29, 0.717) is 23.8 Å². The minimum atomic E-state index is -4.84. The summed E-state index contributed by atoms with van der Waals surface area (Å²) in [7, 11) is 0. The highest BCUT2D eigenvalue weighted by atomic mass is 19.4. The highest BCUT2D eigenvalue weighted by molar-refractivity contribution is 5.92. The molecule has 6 nitrogen and oxygen atoms in total. The van der Waals surface area contributed by atoms with E-state index in [9.17, 15) is 27.6 Å². The number of nitrogens with two attached hydrogens (primary N) is 1. The first-order valence-electron chi connectivity index (χ1n) is 8.98. The molecule has 0 aromatic carbocycles. The molecule has 3 rings (SSSR count). The summed E-state index contributed by atoms with van der Waals surface area (Å²) in [6.45, 7) is 1.02. The molecule has 1 aromatic heterocycles. The molecule has 0 saturated heterocycles. The van der Waals surface area contributed by atoms with Crippen LogP contribution in [0.15, 0.2) is 16.9 Å². The molecule has 0 spiro atoms. The second-order valence-corrected chi connectivity index (χ2v) is 7.58. The zero-order chi connectivity index (χ0) is 19.9. The highest BCUT2D eigenvalue weighted by Gasteiger charge is 2.42. The summed E-state index contributed by atoms with van der Waals surface area (Å²) in [6.07, 6.45) is -0.369. The molecule has 0 aliphatic heterocycles. The number of rotatable bonds is 5. The van der Waals surface area contributed by atoms with Gasteiger partial charge in [-0.05, 0) is 56.1 Å². The lowest BCUT2D eigenvalue weighted by Gasteiger charge is -2.28. The molecule has 0 radical (unpaired) electrons. The van der Waals surface area contributed by atoms with Crippen LogP contribution in [0.4, 0.5) is 13.2 Å². The van der Waals surface area contributed by atoms with Gasteiger partial charge in [0.25, 0.3) is 11.5 Å². The van der Waals surface area contributed by atoms with E-state index in [1.165, 1.54) is 6.42 Å². The van der Waals surface area contributed by atoms with E-state index in [2.05, 4.69) is 5.32 Å². The summed E-state index contributed by atoms with van der Waals surface area (Å²) in [5.41, 5.74) is 1.94. The smallest absolute Gasteiger partial charge is 0.365 e. The fourth-order valence-corrected chi connectivity index (χ4v) is 4.63. The Hall–Kier alpha value is -2.32. The number of carbonyl (C=O) groups excluding carboxylic acids is 2. The van der Waals surface area contributed by atoms with E-state index in [4.69, 9.17) is 5.73 Å². The summed E-state index contributed by atoms with van der Waals surface area (Å²) >= 11 is 0. The topological polar surface area (TPSA) is 94.2 Å². The van der Waals surface area contributed by atoms with Gasteiger partial charge in [-0.2, -0.15) is 13.2 Å². The minimum Gasteiger partial charge on any atom is -0.365 e. The third-order valence-corrected chi connectivity index (χ3v) is 5.86. The van der Waals surface area contributed by atoms with Gasteiger partial charge in [-0.15, -0.1) is 0 Å². The molecule has 1 heterocycles. The number of amides is 2. The van der Waals surface area contributed by atoms with Gasteiger partial charge in [-0.3, -0.25) is 19.0 Å². The lowest BCUT2D eigenvalue weighted by atomic mass is 9.84. The van der Waals surface area contributed by atoms with Crippen LogP contribution in [0.3, 0.4) is 0 Å². The summed E-state index contributed by atoms with van der Waals surface area (Å²) < 4.78 is 39.9. The lowest BCUT2D eigenvalue weighted by Crippen LogP contribution is -2.44. The Labute approximate surface area is 153 Å². The van der Waals surface area contributed by atoms with Crippen molar-refractivity contribution in [2.45, 2.75) is 51.4 Å². The van der Waals surface area contributed by atoms with Gasteiger partial charge in [-0.1, -0.05) is 6.42 Å². The Morgan fingerprint density at radius 3 is 2.52 bits per heavy atom. The van der Waals surface area contributed by atoms with E-state index in [1.807, 2.05) is 6.92 Å². The van der Waals surface area contributed by atoms with E-state index in [1.54, 1.807) is 0 Å². The van der Waals surface area contributed by atoms with Gasteiger partial charge in [0.2, 0.25) is 5.91 Å². The first kappa shape index (κ1) is 19.4. The van der Waals surface area contributed by atoms with E-state index >= 15 is 0 Å². The molecule has 3 N–H and O–H groups in total. The standard InChI is InChI=1S/C18H22F3N3O3/c1-9(13-7-10-2-3-11(13)6-10)23-15(25)8-24-14(18(19,20)21)5-4-12(16(22)26)17(24)27/h4-5,9-11,13H,2-3,6-8H2,1H3,(H2,22,26)(H,23,25). The number of carbonyl (C=O) groups is 2. The molecule has 2 bridgehead atoms. The van der Waals surface area contributed by atoms with Crippen LogP contribution >= 0.6 is 0 Å². The van der Waals surface area contributed by atoms with Crippen molar-refractivity contribution < 1.29 is 22.8 Å². The number of halogens is 3. The van der Waals surface area contributed by atoms with Crippen LogP contribution in [-0.4, -0.2) is 22.4 Å². The Morgan fingerprint density at radius 1 is 1.30 bits per heavy atom. The molecular formula is C18H22F3N3O3. The van der Waals surface area contributed by atoms with Crippen molar-refractivity contribution in [3.8, 4) is 0 Å². The van der Waals surface area contributed by atoms with Crippen molar-refractivity contribution in [1.82, 2.24) is 9.88 Å². The van der Waals surface area contributed by atoms with Gasteiger partial charge in [0.05, 0.1) is 0 Å². The maximum absolute atomic E-state index is 13.2. The van der Waals surface area contributed by atoms with Crippen LogP contribution in [0.25, 0.3) is 0 Å². The first-order valence-corrected chi connectivity index (χ1v) is 8.98. The molecule has 2 amide bonds. The fourth-order valence-electron chi connectivity index (χ4n) is 4.63. The van der Waals surface area contributed by atoms with Crippen molar-refractivity contribution in [1.29, 1.82) is 0 Å². The number of nitrogens with zero attached hydrogens (tertiary/aromatic N) is 1. The van der Waals surface area contributed by atoms with E-state index < -0.39 is 41.4 Å². The normalized spacial score (nSPS) is 25.4. The average molecular weight is 385 g/mol. The number of primary amides is 1. The van der Waals surface area contributed by atoms with Crippen molar-refractivity contribution in [3.05, 3.63) is 33.7 Å². The van der Waals surface area contributed by atoms with Crippen LogP contribution in [0.2, 0.25) is 0 Å². The van der Waals surface area contributed by atoms with Crippen molar-refractivity contribution in [3.63, 3.8) is 0 Å². The van der Waals surface area contributed by atoms with Crippen LogP contribution in [0, 0.1) is 17.8 Å². The van der Waals surface area contributed by atoms with Crippen LogP contribution in [0.1, 0.15) is 48.7 Å². The summed E-state index contributed by atoms with van der Waals surface area (Å²) in [4.78, 5) is 35.9. The number of pyridine rings is 1. The quantitative estimate of drug-likeness (QED) is 0.811. The van der Waals surface area contributed by atoms with Crippen LogP contribution in [-0.2, 0) is 17.5 Å². The SMILES string of the molecule is CC(NC(=O)Cn1c(C(F)(F)F)ccc(C(N)=O)c1=O)C1CC2CCC1C2. The van der Waals surface area contributed by atoms with Gasteiger partial charge < -0.3 is 11.1 Å². The zero-order valence-corrected chi connectivity index (χ0v) is 14.9. The summed E-state index contributed by atoms with van der Waals surface area (Å²) in [6, 6.07) is 1.14. The number of nitrogens with one attached hydrogen (secondary N) is 1. The molecule has 9 heteroatoms. The van der Waals surface area contributed by atoms with Gasteiger partial charge in [0.15, 0.2) is 0 Å². The Balaban J connectivity index is 1.79. The zero-order valence-electron chi connectivity index (χ0n) is 14.9. The third-order valence-electron chi connectivity index (χ3n) is 5.86. The Morgan fingerprint density at radius 2 is 2.00 bits per heavy atom. The number of fused-ring (bicyclic) bond motifs is 2. The molecule has 2 aliphatic carbocycles. The van der Waals surface area contributed by atoms with Gasteiger partial charge in [0.1, 0.15) is 17.8 Å². The number of hydrogen-bond donors (Lipinski definition) is 2. The van der Waals surface area contributed by atoms with Crippen molar-refractivity contribution in [2.24, 2.45) is 23.5 Å². The fraction of sp³-hybridized carbons (Fsp3) is 0.611. The molecule has 148 valence electrons. The predicted molar refractivity (Wildman–Crippen MR) is 90.8 cm³/mol. The van der Waals surface area contributed by atoms with Crippen LogP contribution in [0.5, 0.6) is 0 Å². The second-order valence-electron chi connectivity index (χ2n) is 7.58. The van der Waals surface area contributed by atoms with Crippen molar-refractivity contribution in [2.75, 3.05) is 0 Å². The molecule has 2 aliphatic rings. The average Bonchev–Trinajstić information content (AvgIpc) is 3.18. The van der Waals surface area contributed by atoms with Crippen LogP contribution < -0.4 is 16.6 Å². The van der Waals surface area contributed by atoms with Gasteiger partial charge >= 0.3 is 6.18 Å². The molecule has 4 atom stereocenters. The van der Waals surface area contributed by atoms with E-state index in [0.717, 1.165) is 25.3 Å². The third kappa shape index (κ3) is 3.86. The molecule has 4 unspecified atom stereocenters. The Bertz CT molecular complexity index is 818. The number of hydrogen-bond acceptors (Lipinski definition) is 3. The van der Waals surface area contributed by atoms with Gasteiger partial charge in [-0.25, -0.2) is 0 Å². The van der Waals surface area contributed by atoms with E-state index in [-0.39, 0.29) is 10.6 Å². The molecular weight excluding hydrogens is 363 g/mol. The molecule has 1 aromatic rings. The monoisotopic (exact) mass is 385 g/mol. The first-order chi connectivity index (χ1) is 12.6. The molecule has 27 heavy (non-hydrogen) atoms. The maximum atomic E-state index is 13.2. The highest BCUT2D eigenvalue weighted by Crippen LogP contribution is 2.49. The largest absolute Gasteiger partial charge is 0.431 e. The molecule has 2 saturated carbocycles.